The molecule has 0 unspecified atom stereocenters. The quantitative estimate of drug-likeness (QED) is 0.423. The van der Waals surface area contributed by atoms with E-state index in [1.807, 2.05) is 51.1 Å². The van der Waals surface area contributed by atoms with E-state index < -0.39 is 30.1 Å². The highest BCUT2D eigenvalue weighted by molar-refractivity contribution is 5.81. The van der Waals surface area contributed by atoms with Crippen LogP contribution in [0.1, 0.15) is 39.2 Å². The molecule has 0 aliphatic carbocycles. The molecule has 3 heterocycles. The number of amides is 1. The van der Waals surface area contributed by atoms with E-state index in [-0.39, 0.29) is 24.7 Å². The Hall–Kier alpha value is -3.08. The Morgan fingerprint density at radius 1 is 1.13 bits per heavy atom. The first-order valence-electron chi connectivity index (χ1n) is 13.0. The summed E-state index contributed by atoms with van der Waals surface area (Å²) in [6.07, 6.45) is -0.430. The van der Waals surface area contributed by atoms with Crippen LogP contribution in [0.2, 0.25) is 0 Å². The maximum Gasteiger partial charge on any atom is 0.253 e. The van der Waals surface area contributed by atoms with Crippen LogP contribution < -0.4 is 19.1 Å². The molecule has 0 bridgehead atoms. The van der Waals surface area contributed by atoms with E-state index in [4.69, 9.17) is 14.2 Å². The minimum absolute atomic E-state index is 0.0583. The highest BCUT2D eigenvalue weighted by atomic mass is 16.5. The van der Waals surface area contributed by atoms with Gasteiger partial charge in [0.15, 0.2) is 17.6 Å². The van der Waals surface area contributed by atoms with Gasteiger partial charge in [-0.05, 0) is 50.6 Å². The van der Waals surface area contributed by atoms with Gasteiger partial charge in [-0.15, -0.1) is 0 Å². The number of methoxy groups -OCH3 is 1. The van der Waals surface area contributed by atoms with Crippen LogP contribution in [0.15, 0.2) is 36.5 Å². The van der Waals surface area contributed by atoms with Crippen molar-refractivity contribution in [3.8, 4) is 17.2 Å². The Labute approximate surface area is 223 Å². The number of rotatable bonds is 10. The average molecular weight is 530 g/mol. The lowest BCUT2D eigenvalue weighted by atomic mass is 9.72. The molecule has 2 saturated heterocycles. The van der Waals surface area contributed by atoms with Crippen molar-refractivity contribution in [1.29, 1.82) is 0 Å². The summed E-state index contributed by atoms with van der Waals surface area (Å²) in [5, 5.41) is 29.8. The van der Waals surface area contributed by atoms with Crippen molar-refractivity contribution >= 4 is 11.7 Å². The zero-order valence-electron chi connectivity index (χ0n) is 22.7. The molecule has 208 valence electrons. The number of aromatic nitrogens is 1. The van der Waals surface area contributed by atoms with Crippen molar-refractivity contribution in [1.82, 2.24) is 9.88 Å². The summed E-state index contributed by atoms with van der Waals surface area (Å²) in [5.74, 6) is 2.03. The van der Waals surface area contributed by atoms with E-state index in [1.165, 1.54) is 4.90 Å². The first kappa shape index (κ1) is 27.9. The fourth-order valence-corrected chi connectivity index (χ4v) is 5.16. The van der Waals surface area contributed by atoms with Gasteiger partial charge in [0.05, 0.1) is 45.2 Å². The average Bonchev–Trinajstić information content (AvgIpc) is 3.24. The van der Waals surface area contributed by atoms with Crippen molar-refractivity contribution in [2.24, 2.45) is 5.41 Å². The van der Waals surface area contributed by atoms with Gasteiger partial charge in [0.25, 0.3) is 5.91 Å². The van der Waals surface area contributed by atoms with E-state index in [2.05, 4.69) is 9.88 Å². The molecular weight excluding hydrogens is 490 g/mol. The minimum Gasteiger partial charge on any atom is -0.493 e. The highest BCUT2D eigenvalue weighted by Gasteiger charge is 2.49. The molecule has 10 heteroatoms. The van der Waals surface area contributed by atoms with Crippen molar-refractivity contribution in [2.75, 3.05) is 44.8 Å². The predicted molar refractivity (Wildman–Crippen MR) is 142 cm³/mol. The fourth-order valence-electron chi connectivity index (χ4n) is 5.16. The zero-order chi connectivity index (χ0) is 27.6. The first-order valence-corrected chi connectivity index (χ1v) is 13.0. The molecule has 1 aromatic carbocycles. The van der Waals surface area contributed by atoms with Crippen LogP contribution in [0.25, 0.3) is 0 Å². The van der Waals surface area contributed by atoms with Gasteiger partial charge in [-0.1, -0.05) is 13.0 Å². The Kier molecular flexibility index (Phi) is 8.34. The van der Waals surface area contributed by atoms with Gasteiger partial charge < -0.3 is 39.3 Å². The van der Waals surface area contributed by atoms with Gasteiger partial charge in [-0.25, -0.2) is 4.98 Å². The van der Waals surface area contributed by atoms with E-state index in [9.17, 15) is 20.1 Å². The normalized spacial score (nSPS) is 23.2. The standard InChI is InChI=1S/C28H39N3O7/c1-17(2)37-20-7-9-26(29-11-20)30-12-21(13-30)38-25-10-19(6-8-24(25)36-5)22-14-31(27(35)23(34)15-32)16-28(22,4)18(3)33/h6-11,17-18,21-23,32-34H,12-16H2,1-5H3/t18-,22+,23+,28+/m1/s1. The third kappa shape index (κ3) is 5.67. The largest absolute Gasteiger partial charge is 0.493 e. The van der Waals surface area contributed by atoms with Gasteiger partial charge in [-0.2, -0.15) is 0 Å². The van der Waals surface area contributed by atoms with Gasteiger partial charge in [0.1, 0.15) is 17.7 Å². The van der Waals surface area contributed by atoms with Crippen molar-refractivity contribution in [3.63, 3.8) is 0 Å². The molecule has 2 aromatic rings. The Balaban J connectivity index is 1.47. The smallest absolute Gasteiger partial charge is 0.253 e. The lowest BCUT2D eigenvalue weighted by molar-refractivity contribution is -0.141. The Bertz CT molecular complexity index is 1100. The number of aliphatic hydroxyl groups excluding tert-OH is 3. The maximum absolute atomic E-state index is 12.6. The number of ether oxygens (including phenoxy) is 3. The van der Waals surface area contributed by atoms with Crippen LogP contribution in [0, 0.1) is 5.41 Å². The number of nitrogens with zero attached hydrogens (tertiary/aromatic N) is 3. The van der Waals surface area contributed by atoms with E-state index in [1.54, 1.807) is 20.2 Å². The molecule has 4 rings (SSSR count). The second-order valence-corrected chi connectivity index (χ2v) is 10.7. The number of benzene rings is 1. The molecule has 0 radical (unpaired) electrons. The van der Waals surface area contributed by atoms with Gasteiger partial charge in [0.2, 0.25) is 0 Å². The van der Waals surface area contributed by atoms with Gasteiger partial charge in [0, 0.05) is 24.4 Å². The van der Waals surface area contributed by atoms with E-state index in [0.717, 1.165) is 17.1 Å². The van der Waals surface area contributed by atoms with Crippen molar-refractivity contribution in [3.05, 3.63) is 42.1 Å². The Morgan fingerprint density at radius 3 is 2.45 bits per heavy atom. The van der Waals surface area contributed by atoms with Gasteiger partial charge in [-0.3, -0.25) is 4.79 Å². The number of carbonyl (C=O) groups is 1. The summed E-state index contributed by atoms with van der Waals surface area (Å²) in [6, 6.07) is 9.53. The number of carbonyl (C=O) groups excluding carboxylic acids is 1. The monoisotopic (exact) mass is 529 g/mol. The lowest BCUT2D eigenvalue weighted by Crippen LogP contribution is -2.54. The number of likely N-dealkylation sites (tertiary alicyclic amines) is 1. The zero-order valence-corrected chi connectivity index (χ0v) is 22.7. The molecule has 1 amide bonds. The van der Waals surface area contributed by atoms with E-state index in [0.29, 0.717) is 31.1 Å². The van der Waals surface area contributed by atoms with Crippen molar-refractivity contribution < 1.29 is 34.3 Å². The number of pyridine rings is 1. The molecule has 2 aliphatic rings. The molecular formula is C28H39N3O7. The molecule has 10 nitrogen and oxygen atoms in total. The molecule has 0 spiro atoms. The number of hydrogen-bond acceptors (Lipinski definition) is 9. The topological polar surface area (TPSA) is 125 Å². The SMILES string of the molecule is COc1ccc([C@@H]2CN(C(=O)[C@@H](O)CO)C[C@@]2(C)[C@@H](C)O)cc1OC1CN(c2ccc(OC(C)C)cn2)C1. The lowest BCUT2D eigenvalue weighted by Gasteiger charge is -2.40. The second-order valence-electron chi connectivity index (χ2n) is 10.7. The summed E-state index contributed by atoms with van der Waals surface area (Å²) in [4.78, 5) is 20.7. The highest BCUT2D eigenvalue weighted by Crippen LogP contribution is 2.47. The van der Waals surface area contributed by atoms with Crippen LogP contribution in [-0.4, -0.2) is 95.4 Å². The van der Waals surface area contributed by atoms with Crippen LogP contribution in [0.4, 0.5) is 5.82 Å². The van der Waals surface area contributed by atoms with E-state index >= 15 is 0 Å². The summed E-state index contributed by atoms with van der Waals surface area (Å²) in [5.41, 5.74) is 0.248. The molecule has 2 aliphatic heterocycles. The second kappa shape index (κ2) is 11.3. The van der Waals surface area contributed by atoms with Crippen LogP contribution in [0.3, 0.4) is 0 Å². The summed E-state index contributed by atoms with van der Waals surface area (Å²) < 4.78 is 17.5. The molecule has 4 atom stereocenters. The maximum atomic E-state index is 12.6. The number of aliphatic hydroxyl groups is 3. The third-order valence-electron chi connectivity index (χ3n) is 7.60. The van der Waals surface area contributed by atoms with Crippen molar-refractivity contribution in [2.45, 2.75) is 58.0 Å². The molecule has 2 fully saturated rings. The molecule has 38 heavy (non-hydrogen) atoms. The molecule has 1 aromatic heterocycles. The molecule has 0 saturated carbocycles. The fraction of sp³-hybridized carbons (Fsp3) is 0.571. The summed E-state index contributed by atoms with van der Waals surface area (Å²) in [7, 11) is 1.59. The van der Waals surface area contributed by atoms with Crippen LogP contribution in [0.5, 0.6) is 17.2 Å². The first-order chi connectivity index (χ1) is 18.0. The van der Waals surface area contributed by atoms with Gasteiger partial charge >= 0.3 is 0 Å². The number of hydrogen-bond donors (Lipinski definition) is 3. The third-order valence-corrected chi connectivity index (χ3v) is 7.60. The van der Waals surface area contributed by atoms with Crippen LogP contribution >= 0.6 is 0 Å². The van der Waals surface area contributed by atoms with Crippen LogP contribution in [-0.2, 0) is 4.79 Å². The minimum atomic E-state index is -1.48. The summed E-state index contributed by atoms with van der Waals surface area (Å²) in [6.45, 7) is 8.86. The molecule has 3 N–H and O–H groups in total. The Morgan fingerprint density at radius 2 is 1.87 bits per heavy atom. The predicted octanol–water partition coefficient (Wildman–Crippen LogP) is 1.81. The summed E-state index contributed by atoms with van der Waals surface area (Å²) >= 11 is 0. The number of anilines is 1.